The summed E-state index contributed by atoms with van der Waals surface area (Å²) in [4.78, 5) is 0. The molecule has 2 aromatic rings. The van der Waals surface area contributed by atoms with Gasteiger partial charge in [0.1, 0.15) is 5.75 Å². The van der Waals surface area contributed by atoms with Gasteiger partial charge in [0, 0.05) is 11.1 Å². The predicted octanol–water partition coefficient (Wildman–Crippen LogP) is 5.74. The van der Waals surface area contributed by atoms with Crippen LogP contribution in [0.4, 0.5) is 0 Å². The number of hydrogen-bond donors (Lipinski definition) is 1. The van der Waals surface area contributed by atoms with Crippen LogP contribution in [0.25, 0.3) is 0 Å². The summed E-state index contributed by atoms with van der Waals surface area (Å²) in [6, 6.07) is 11.8. The average Bonchev–Trinajstić information content (AvgIpc) is 3.15. The van der Waals surface area contributed by atoms with Gasteiger partial charge in [0.25, 0.3) is 0 Å². The first-order valence-electron chi connectivity index (χ1n) is 11.7. The molecule has 5 nitrogen and oxygen atoms in total. The van der Waals surface area contributed by atoms with Crippen LogP contribution in [-0.4, -0.2) is 31.3 Å². The summed E-state index contributed by atoms with van der Waals surface area (Å²) in [6.45, 7) is 2.41. The van der Waals surface area contributed by atoms with E-state index in [9.17, 15) is 5.11 Å². The van der Waals surface area contributed by atoms with E-state index >= 15 is 0 Å². The summed E-state index contributed by atoms with van der Waals surface area (Å²) >= 11 is 0. The smallest absolute Gasteiger partial charge is 0.161 e. The van der Waals surface area contributed by atoms with Crippen LogP contribution in [0.3, 0.4) is 0 Å². The summed E-state index contributed by atoms with van der Waals surface area (Å²) in [5, 5.41) is 19.1. The first-order valence-corrected chi connectivity index (χ1v) is 11.7. The monoisotopic (exact) mass is 432 g/mol. The van der Waals surface area contributed by atoms with Crippen LogP contribution in [0.15, 0.2) is 46.6 Å². The van der Waals surface area contributed by atoms with E-state index in [-0.39, 0.29) is 5.41 Å². The maximum absolute atomic E-state index is 9.89. The molecule has 0 aliphatic heterocycles. The Morgan fingerprint density at radius 3 is 2.66 bits per heavy atom. The Hall–Kier alpha value is -2.82. The van der Waals surface area contributed by atoms with Gasteiger partial charge in [-0.3, -0.25) is 0 Å². The van der Waals surface area contributed by atoms with E-state index in [0.717, 1.165) is 24.8 Å². The summed E-state index contributed by atoms with van der Waals surface area (Å²) in [6.07, 6.45) is 8.68. The number of hydrogen-bond acceptors (Lipinski definition) is 5. The van der Waals surface area contributed by atoms with Crippen LogP contribution >= 0.6 is 0 Å². The largest absolute Gasteiger partial charge is 0.508 e. The topological polar surface area (TPSA) is 63.4 Å². The molecular formula is C27H32N2O3. The highest BCUT2D eigenvalue weighted by molar-refractivity contribution is 5.93. The van der Waals surface area contributed by atoms with E-state index < -0.39 is 0 Å². The molecule has 0 spiro atoms. The summed E-state index contributed by atoms with van der Waals surface area (Å²) in [7, 11) is 3.28. The van der Waals surface area contributed by atoms with Gasteiger partial charge in [0.2, 0.25) is 0 Å². The Kier molecular flexibility index (Phi) is 5.44. The first-order chi connectivity index (χ1) is 15.5. The van der Waals surface area contributed by atoms with Gasteiger partial charge < -0.3 is 14.6 Å². The molecule has 0 aromatic heterocycles. The average molecular weight is 433 g/mol. The predicted molar refractivity (Wildman–Crippen MR) is 127 cm³/mol. The number of methoxy groups -OCH3 is 2. The van der Waals surface area contributed by atoms with Gasteiger partial charge >= 0.3 is 0 Å². The number of aromatic hydroxyl groups is 1. The number of rotatable bonds is 4. The second-order valence-electron chi connectivity index (χ2n) is 9.70. The third kappa shape index (κ3) is 3.48. The molecule has 3 aliphatic rings. The summed E-state index contributed by atoms with van der Waals surface area (Å²) < 4.78 is 10.7. The second kappa shape index (κ2) is 8.27. The molecule has 1 N–H and O–H groups in total. The minimum Gasteiger partial charge on any atom is -0.508 e. The van der Waals surface area contributed by atoms with Crippen molar-refractivity contribution in [3.05, 3.63) is 53.1 Å². The standard InChI is InChI=1S/C27H32N2O3/c1-27-13-12-21-20-8-6-19(30)15-18(20)5-7-22(21)23(27)9-11-26(27)29-28-16-17-4-10-24(31-2)25(14-17)32-3/h4,6,8,10,14-16,21-23,30H,5,7,9,11-13H2,1-3H3/b28-16-,29-26-/t21-,22-,23-,27-/m1/s1. The van der Waals surface area contributed by atoms with Gasteiger partial charge in [-0.15, -0.1) is 0 Å². The number of ether oxygens (including phenoxy) is 2. The SMILES string of the molecule is COc1ccc(/C=N\N=C2\CC[C@@H]3[C@@H]4CCc5cc(O)ccc5[C@H]4CC[C@@]23C)cc1OC. The minimum absolute atomic E-state index is 0.143. The van der Waals surface area contributed by atoms with Crippen molar-refractivity contribution in [3.63, 3.8) is 0 Å². The Labute approximate surface area is 190 Å². The Morgan fingerprint density at radius 2 is 1.84 bits per heavy atom. The van der Waals surface area contributed by atoms with Crippen molar-refractivity contribution >= 4 is 11.9 Å². The molecule has 0 unspecified atom stereocenters. The van der Waals surface area contributed by atoms with Crippen LogP contribution in [0.1, 0.15) is 61.6 Å². The molecule has 2 aromatic carbocycles. The van der Waals surface area contributed by atoms with Crippen molar-refractivity contribution in [3.8, 4) is 17.2 Å². The van der Waals surface area contributed by atoms with Crippen molar-refractivity contribution < 1.29 is 14.6 Å². The lowest BCUT2D eigenvalue weighted by atomic mass is 9.55. The zero-order chi connectivity index (χ0) is 22.3. The fraction of sp³-hybridized carbons (Fsp3) is 0.481. The van der Waals surface area contributed by atoms with Crippen molar-refractivity contribution in [1.82, 2.24) is 0 Å². The minimum atomic E-state index is 0.143. The number of aryl methyl sites for hydroxylation is 1. The van der Waals surface area contributed by atoms with Gasteiger partial charge in [0.05, 0.1) is 20.4 Å². The molecule has 0 heterocycles. The second-order valence-corrected chi connectivity index (χ2v) is 9.70. The number of fused-ring (bicyclic) bond motifs is 5. The van der Waals surface area contributed by atoms with Gasteiger partial charge in [0.15, 0.2) is 11.5 Å². The summed E-state index contributed by atoms with van der Waals surface area (Å²) in [5.41, 5.74) is 5.17. The maximum Gasteiger partial charge on any atom is 0.161 e. The molecule has 168 valence electrons. The quantitative estimate of drug-likeness (QED) is 0.495. The lowest BCUT2D eigenvalue weighted by Gasteiger charge is -2.49. The third-order valence-electron chi connectivity index (χ3n) is 8.24. The Morgan fingerprint density at radius 1 is 1.00 bits per heavy atom. The molecule has 2 fully saturated rings. The normalized spacial score (nSPS) is 30.1. The van der Waals surface area contributed by atoms with E-state index in [1.54, 1.807) is 20.4 Å². The van der Waals surface area contributed by atoms with Gasteiger partial charge in [-0.25, -0.2) is 0 Å². The lowest BCUT2D eigenvalue weighted by molar-refractivity contribution is 0.0955. The molecule has 2 saturated carbocycles. The van der Waals surface area contributed by atoms with Crippen LogP contribution in [0, 0.1) is 17.3 Å². The highest BCUT2D eigenvalue weighted by Gasteiger charge is 2.53. The van der Waals surface area contributed by atoms with E-state index in [1.807, 2.05) is 30.3 Å². The van der Waals surface area contributed by atoms with Crippen LogP contribution < -0.4 is 9.47 Å². The number of phenolic OH excluding ortho intramolecular Hbond substituents is 1. The molecule has 0 bridgehead atoms. The molecule has 3 aliphatic carbocycles. The van der Waals surface area contributed by atoms with Crippen LogP contribution in [0.2, 0.25) is 0 Å². The van der Waals surface area contributed by atoms with E-state index in [4.69, 9.17) is 14.6 Å². The first kappa shape index (κ1) is 21.0. The third-order valence-corrected chi connectivity index (χ3v) is 8.24. The number of benzene rings is 2. The molecule has 0 amide bonds. The van der Waals surface area contributed by atoms with Crippen LogP contribution in [-0.2, 0) is 6.42 Å². The van der Waals surface area contributed by atoms with Gasteiger partial charge in [-0.2, -0.15) is 10.2 Å². The highest BCUT2D eigenvalue weighted by Crippen LogP contribution is 2.60. The maximum atomic E-state index is 9.89. The zero-order valence-corrected chi connectivity index (χ0v) is 19.2. The molecule has 0 saturated heterocycles. The summed E-state index contributed by atoms with van der Waals surface area (Å²) in [5.74, 6) is 3.79. The van der Waals surface area contributed by atoms with Crippen molar-refractivity contribution in [2.24, 2.45) is 27.5 Å². The van der Waals surface area contributed by atoms with Crippen molar-refractivity contribution in [2.45, 2.75) is 51.4 Å². The fourth-order valence-electron chi connectivity index (χ4n) is 6.62. The number of phenols is 1. The highest BCUT2D eigenvalue weighted by atomic mass is 16.5. The number of nitrogens with zero attached hydrogens (tertiary/aromatic N) is 2. The van der Waals surface area contributed by atoms with E-state index in [1.165, 1.54) is 36.1 Å². The van der Waals surface area contributed by atoms with Crippen LogP contribution in [0.5, 0.6) is 17.2 Å². The van der Waals surface area contributed by atoms with E-state index in [0.29, 0.717) is 35.0 Å². The van der Waals surface area contributed by atoms with E-state index in [2.05, 4.69) is 18.1 Å². The molecule has 5 rings (SSSR count). The molecule has 4 atom stereocenters. The molecule has 0 radical (unpaired) electrons. The fourth-order valence-corrected chi connectivity index (χ4v) is 6.62. The van der Waals surface area contributed by atoms with Gasteiger partial charge in [-0.05, 0) is 103 Å². The van der Waals surface area contributed by atoms with Gasteiger partial charge in [-0.1, -0.05) is 13.0 Å². The zero-order valence-electron chi connectivity index (χ0n) is 19.2. The molecule has 32 heavy (non-hydrogen) atoms. The van der Waals surface area contributed by atoms with Crippen molar-refractivity contribution in [1.29, 1.82) is 0 Å². The Bertz CT molecular complexity index is 1080. The lowest BCUT2D eigenvalue weighted by Crippen LogP contribution is -2.42. The molecular weight excluding hydrogens is 400 g/mol. The molecule has 5 heteroatoms. The van der Waals surface area contributed by atoms with Crippen molar-refractivity contribution in [2.75, 3.05) is 14.2 Å². The Balaban J connectivity index is 1.35.